The minimum Gasteiger partial charge on any atom is -0.382 e. The fourth-order valence-electron chi connectivity index (χ4n) is 2.37. The fourth-order valence-corrected chi connectivity index (χ4v) is 2.37. The minimum absolute atomic E-state index is 0.193. The predicted molar refractivity (Wildman–Crippen MR) is 71.5 cm³/mol. The van der Waals surface area contributed by atoms with E-state index in [1.165, 1.54) is 25.7 Å². The molecule has 0 unspecified atom stereocenters. The van der Waals surface area contributed by atoms with Gasteiger partial charge in [-0.2, -0.15) is 0 Å². The van der Waals surface area contributed by atoms with Crippen LogP contribution in [-0.2, 0) is 14.3 Å². The standard InChI is InChI=1S/C14H27NO3/c1-17-11-12-18-10-4-9-15-14(16)8-7-13-5-2-3-6-13/h13H,2-12H2,1H3,(H,15,16). The second-order valence-corrected chi connectivity index (χ2v) is 5.00. The van der Waals surface area contributed by atoms with Crippen LogP contribution < -0.4 is 5.32 Å². The van der Waals surface area contributed by atoms with Gasteiger partial charge in [-0.05, 0) is 18.8 Å². The molecule has 1 rings (SSSR count). The Balaban J connectivity index is 1.84. The summed E-state index contributed by atoms with van der Waals surface area (Å²) in [5.41, 5.74) is 0. The molecule has 0 saturated heterocycles. The molecular weight excluding hydrogens is 230 g/mol. The van der Waals surface area contributed by atoms with E-state index >= 15 is 0 Å². The number of amides is 1. The molecule has 18 heavy (non-hydrogen) atoms. The summed E-state index contributed by atoms with van der Waals surface area (Å²) in [6.07, 6.45) is 7.97. The number of methoxy groups -OCH3 is 1. The lowest BCUT2D eigenvalue weighted by Gasteiger charge is -2.09. The summed E-state index contributed by atoms with van der Waals surface area (Å²) in [4.78, 5) is 11.6. The van der Waals surface area contributed by atoms with Crippen LogP contribution in [0.3, 0.4) is 0 Å². The zero-order valence-electron chi connectivity index (χ0n) is 11.6. The maximum Gasteiger partial charge on any atom is 0.220 e. The maximum atomic E-state index is 11.6. The molecule has 1 amide bonds. The summed E-state index contributed by atoms with van der Waals surface area (Å²) in [5.74, 6) is 0.993. The van der Waals surface area contributed by atoms with Crippen molar-refractivity contribution >= 4 is 5.91 Å². The molecule has 1 fully saturated rings. The van der Waals surface area contributed by atoms with Crippen LogP contribution in [-0.4, -0.2) is 39.4 Å². The highest BCUT2D eigenvalue weighted by Gasteiger charge is 2.15. The molecule has 1 N–H and O–H groups in total. The highest BCUT2D eigenvalue weighted by atomic mass is 16.5. The van der Waals surface area contributed by atoms with Crippen LogP contribution in [0.4, 0.5) is 0 Å². The summed E-state index contributed by atoms with van der Waals surface area (Å²) < 4.78 is 10.2. The molecule has 0 radical (unpaired) electrons. The van der Waals surface area contributed by atoms with Crippen LogP contribution >= 0.6 is 0 Å². The Morgan fingerprint density at radius 1 is 1.22 bits per heavy atom. The lowest BCUT2D eigenvalue weighted by Crippen LogP contribution is -2.25. The van der Waals surface area contributed by atoms with Gasteiger partial charge in [-0.15, -0.1) is 0 Å². The van der Waals surface area contributed by atoms with Crippen molar-refractivity contribution in [2.75, 3.05) is 33.5 Å². The van der Waals surface area contributed by atoms with Crippen molar-refractivity contribution in [1.82, 2.24) is 5.32 Å². The topological polar surface area (TPSA) is 47.6 Å². The number of hydrogen-bond acceptors (Lipinski definition) is 3. The lowest BCUT2D eigenvalue weighted by atomic mass is 10.0. The highest BCUT2D eigenvalue weighted by molar-refractivity contribution is 5.75. The molecule has 0 aromatic rings. The fraction of sp³-hybridized carbons (Fsp3) is 0.929. The van der Waals surface area contributed by atoms with Crippen LogP contribution in [0.5, 0.6) is 0 Å². The van der Waals surface area contributed by atoms with Gasteiger partial charge >= 0.3 is 0 Å². The molecule has 4 nitrogen and oxygen atoms in total. The van der Waals surface area contributed by atoms with Gasteiger partial charge in [-0.3, -0.25) is 4.79 Å². The first-order chi connectivity index (χ1) is 8.83. The van der Waals surface area contributed by atoms with Gasteiger partial charge in [0.25, 0.3) is 0 Å². The number of rotatable bonds is 10. The molecular formula is C14H27NO3. The summed E-state index contributed by atoms with van der Waals surface area (Å²) in [7, 11) is 1.66. The Labute approximate surface area is 110 Å². The van der Waals surface area contributed by atoms with Crippen LogP contribution in [0.15, 0.2) is 0 Å². The SMILES string of the molecule is COCCOCCCNC(=O)CCC1CCCC1. The van der Waals surface area contributed by atoms with Crippen molar-refractivity contribution in [2.45, 2.75) is 44.9 Å². The van der Waals surface area contributed by atoms with Crippen LogP contribution in [0.2, 0.25) is 0 Å². The van der Waals surface area contributed by atoms with Gasteiger partial charge in [0, 0.05) is 26.7 Å². The van der Waals surface area contributed by atoms with Crippen LogP contribution in [0.25, 0.3) is 0 Å². The smallest absolute Gasteiger partial charge is 0.220 e. The largest absolute Gasteiger partial charge is 0.382 e. The van der Waals surface area contributed by atoms with Crippen molar-refractivity contribution in [3.8, 4) is 0 Å². The molecule has 0 aliphatic heterocycles. The molecule has 1 aliphatic rings. The molecule has 0 heterocycles. The molecule has 1 saturated carbocycles. The van der Waals surface area contributed by atoms with Crippen LogP contribution in [0, 0.1) is 5.92 Å². The lowest BCUT2D eigenvalue weighted by molar-refractivity contribution is -0.121. The quantitative estimate of drug-likeness (QED) is 0.610. The van der Waals surface area contributed by atoms with E-state index in [4.69, 9.17) is 9.47 Å². The van der Waals surface area contributed by atoms with Gasteiger partial charge in [-0.1, -0.05) is 25.7 Å². The van der Waals surface area contributed by atoms with Crippen molar-refractivity contribution < 1.29 is 14.3 Å². The van der Waals surface area contributed by atoms with Gasteiger partial charge in [0.05, 0.1) is 13.2 Å². The number of carbonyl (C=O) groups excluding carboxylic acids is 1. The van der Waals surface area contributed by atoms with Crippen molar-refractivity contribution in [2.24, 2.45) is 5.92 Å². The normalized spacial score (nSPS) is 16.1. The van der Waals surface area contributed by atoms with E-state index in [0.29, 0.717) is 26.2 Å². The van der Waals surface area contributed by atoms with E-state index in [0.717, 1.165) is 25.3 Å². The highest BCUT2D eigenvalue weighted by Crippen LogP contribution is 2.28. The first kappa shape index (κ1) is 15.4. The third kappa shape index (κ3) is 7.67. The first-order valence-electron chi connectivity index (χ1n) is 7.16. The zero-order chi connectivity index (χ0) is 13.1. The monoisotopic (exact) mass is 257 g/mol. The average Bonchev–Trinajstić information content (AvgIpc) is 2.88. The molecule has 0 atom stereocenters. The third-order valence-electron chi connectivity index (χ3n) is 3.47. The van der Waals surface area contributed by atoms with Gasteiger partial charge < -0.3 is 14.8 Å². The van der Waals surface area contributed by atoms with Crippen molar-refractivity contribution in [1.29, 1.82) is 0 Å². The van der Waals surface area contributed by atoms with E-state index in [2.05, 4.69) is 5.32 Å². The number of hydrogen-bond donors (Lipinski definition) is 1. The van der Waals surface area contributed by atoms with Crippen molar-refractivity contribution in [3.05, 3.63) is 0 Å². The number of nitrogens with one attached hydrogen (secondary N) is 1. The molecule has 0 spiro atoms. The molecule has 0 aromatic carbocycles. The van der Waals surface area contributed by atoms with Gasteiger partial charge in [-0.25, -0.2) is 0 Å². The summed E-state index contributed by atoms with van der Waals surface area (Å²) in [5, 5.41) is 2.95. The van der Waals surface area contributed by atoms with E-state index in [1.54, 1.807) is 7.11 Å². The van der Waals surface area contributed by atoms with Gasteiger partial charge in [0.1, 0.15) is 0 Å². The van der Waals surface area contributed by atoms with E-state index in [-0.39, 0.29) is 5.91 Å². The molecule has 4 heteroatoms. The second kappa shape index (κ2) is 10.3. The number of carbonyl (C=O) groups is 1. The summed E-state index contributed by atoms with van der Waals surface area (Å²) in [6, 6.07) is 0. The summed E-state index contributed by atoms with van der Waals surface area (Å²) in [6.45, 7) is 2.67. The first-order valence-corrected chi connectivity index (χ1v) is 7.16. The summed E-state index contributed by atoms with van der Waals surface area (Å²) >= 11 is 0. The Morgan fingerprint density at radius 2 is 2.00 bits per heavy atom. The Hall–Kier alpha value is -0.610. The Bertz CT molecular complexity index is 215. The van der Waals surface area contributed by atoms with Crippen molar-refractivity contribution in [3.63, 3.8) is 0 Å². The molecule has 0 bridgehead atoms. The second-order valence-electron chi connectivity index (χ2n) is 5.00. The molecule has 1 aliphatic carbocycles. The van der Waals surface area contributed by atoms with E-state index in [9.17, 15) is 4.79 Å². The van der Waals surface area contributed by atoms with E-state index in [1.807, 2.05) is 0 Å². The van der Waals surface area contributed by atoms with E-state index < -0.39 is 0 Å². The molecule has 0 aromatic heterocycles. The zero-order valence-corrected chi connectivity index (χ0v) is 11.6. The molecule has 106 valence electrons. The Kier molecular flexibility index (Phi) is 8.86. The van der Waals surface area contributed by atoms with Gasteiger partial charge in [0.2, 0.25) is 5.91 Å². The average molecular weight is 257 g/mol. The third-order valence-corrected chi connectivity index (χ3v) is 3.47. The van der Waals surface area contributed by atoms with Gasteiger partial charge in [0.15, 0.2) is 0 Å². The number of ether oxygens (including phenoxy) is 2. The van der Waals surface area contributed by atoms with Crippen LogP contribution in [0.1, 0.15) is 44.9 Å². The predicted octanol–water partition coefficient (Wildman–Crippen LogP) is 2.13. The maximum absolute atomic E-state index is 11.6. The minimum atomic E-state index is 0.193. The Morgan fingerprint density at radius 3 is 2.72 bits per heavy atom.